The second kappa shape index (κ2) is 6.50. The van der Waals surface area contributed by atoms with E-state index in [1.54, 1.807) is 19.1 Å². The highest BCUT2D eigenvalue weighted by Gasteiger charge is 2.14. The molecular weight excluding hydrogens is 252 g/mol. The summed E-state index contributed by atoms with van der Waals surface area (Å²) in [6.45, 7) is 1.77. The minimum atomic E-state index is -3.59. The molecule has 0 aliphatic rings. The van der Waals surface area contributed by atoms with E-state index in [2.05, 4.69) is 4.72 Å². The third-order valence-electron chi connectivity index (χ3n) is 2.50. The van der Waals surface area contributed by atoms with Crippen molar-refractivity contribution in [3.05, 3.63) is 29.8 Å². The van der Waals surface area contributed by atoms with Crippen LogP contribution in [0.4, 0.5) is 0 Å². The predicted molar refractivity (Wildman–Crippen MR) is 67.2 cm³/mol. The molecule has 0 amide bonds. The van der Waals surface area contributed by atoms with Crippen LogP contribution in [-0.4, -0.2) is 26.2 Å². The summed E-state index contributed by atoms with van der Waals surface area (Å²) in [4.78, 5) is 0.132. The molecule has 18 heavy (non-hydrogen) atoms. The Hall–Kier alpha value is -1.42. The third kappa shape index (κ3) is 4.11. The number of sulfonamides is 1. The van der Waals surface area contributed by atoms with Crippen molar-refractivity contribution in [3.8, 4) is 6.07 Å². The van der Waals surface area contributed by atoms with Crippen LogP contribution in [0.25, 0.3) is 0 Å². The smallest absolute Gasteiger partial charge is 0.240 e. The molecule has 0 heterocycles. The van der Waals surface area contributed by atoms with Crippen LogP contribution in [0.5, 0.6) is 0 Å². The molecule has 0 fully saturated rings. The van der Waals surface area contributed by atoms with E-state index >= 15 is 0 Å². The van der Waals surface area contributed by atoms with E-state index < -0.39 is 16.1 Å². The Morgan fingerprint density at radius 1 is 1.39 bits per heavy atom. The SMILES string of the molecule is CCC(O)CNS(=O)(=O)c1ccc(CC#N)cc1. The largest absolute Gasteiger partial charge is 0.392 e. The summed E-state index contributed by atoms with van der Waals surface area (Å²) < 4.78 is 26.0. The van der Waals surface area contributed by atoms with E-state index in [0.717, 1.165) is 5.56 Å². The van der Waals surface area contributed by atoms with E-state index in [1.165, 1.54) is 12.1 Å². The molecule has 0 saturated carbocycles. The van der Waals surface area contributed by atoms with Gasteiger partial charge in [-0.15, -0.1) is 0 Å². The summed E-state index contributed by atoms with van der Waals surface area (Å²) in [6, 6.07) is 8.11. The van der Waals surface area contributed by atoms with Gasteiger partial charge in [-0.25, -0.2) is 13.1 Å². The van der Waals surface area contributed by atoms with Crippen molar-refractivity contribution < 1.29 is 13.5 Å². The standard InChI is InChI=1S/C12H16N2O3S/c1-2-11(15)9-14-18(16,17)12-5-3-10(4-6-12)7-8-13/h3-6,11,14-15H,2,7,9H2,1H3. The van der Waals surface area contributed by atoms with Gasteiger partial charge < -0.3 is 5.11 Å². The normalized spacial score (nSPS) is 12.9. The topological polar surface area (TPSA) is 90.2 Å². The molecule has 1 rings (SSSR count). The van der Waals surface area contributed by atoms with Crippen LogP contribution in [0.2, 0.25) is 0 Å². The van der Waals surface area contributed by atoms with Crippen molar-refractivity contribution in [1.82, 2.24) is 4.72 Å². The first-order valence-electron chi connectivity index (χ1n) is 5.63. The second-order valence-corrected chi connectivity index (χ2v) is 5.66. The number of benzene rings is 1. The zero-order chi connectivity index (χ0) is 13.6. The number of aliphatic hydroxyl groups excluding tert-OH is 1. The lowest BCUT2D eigenvalue weighted by Crippen LogP contribution is -2.31. The van der Waals surface area contributed by atoms with Gasteiger partial charge in [0.2, 0.25) is 10.0 Å². The van der Waals surface area contributed by atoms with E-state index in [-0.39, 0.29) is 17.9 Å². The molecule has 0 radical (unpaired) electrons. The molecule has 1 atom stereocenters. The molecule has 6 heteroatoms. The molecule has 0 saturated heterocycles. The van der Waals surface area contributed by atoms with Gasteiger partial charge in [0.05, 0.1) is 23.5 Å². The van der Waals surface area contributed by atoms with Crippen molar-refractivity contribution in [2.75, 3.05) is 6.54 Å². The second-order valence-electron chi connectivity index (χ2n) is 3.89. The summed E-state index contributed by atoms with van der Waals surface area (Å²) in [5, 5.41) is 17.8. The first-order chi connectivity index (χ1) is 8.49. The fourth-order valence-corrected chi connectivity index (χ4v) is 2.38. The maximum absolute atomic E-state index is 11.8. The molecule has 0 aromatic heterocycles. The summed E-state index contributed by atoms with van der Waals surface area (Å²) in [5.74, 6) is 0. The molecule has 5 nitrogen and oxygen atoms in total. The lowest BCUT2D eigenvalue weighted by Gasteiger charge is -2.10. The van der Waals surface area contributed by atoms with Gasteiger partial charge in [-0.05, 0) is 24.1 Å². The number of nitriles is 1. The Bertz CT molecular complexity index is 517. The maximum atomic E-state index is 11.8. The van der Waals surface area contributed by atoms with Crippen molar-refractivity contribution in [3.63, 3.8) is 0 Å². The van der Waals surface area contributed by atoms with Crippen molar-refractivity contribution in [1.29, 1.82) is 5.26 Å². The lowest BCUT2D eigenvalue weighted by atomic mass is 10.2. The fraction of sp³-hybridized carbons (Fsp3) is 0.417. The highest BCUT2D eigenvalue weighted by molar-refractivity contribution is 7.89. The molecule has 0 aliphatic carbocycles. The summed E-state index contributed by atoms with van der Waals surface area (Å²) >= 11 is 0. The number of rotatable bonds is 6. The molecular formula is C12H16N2O3S. The van der Waals surface area contributed by atoms with Crippen LogP contribution >= 0.6 is 0 Å². The van der Waals surface area contributed by atoms with Crippen molar-refractivity contribution in [2.24, 2.45) is 0 Å². The van der Waals surface area contributed by atoms with Crippen molar-refractivity contribution in [2.45, 2.75) is 30.8 Å². The average molecular weight is 268 g/mol. The number of aliphatic hydroxyl groups is 1. The molecule has 98 valence electrons. The highest BCUT2D eigenvalue weighted by atomic mass is 32.2. The molecule has 2 N–H and O–H groups in total. The van der Waals surface area contributed by atoms with Crippen LogP contribution in [0.3, 0.4) is 0 Å². The maximum Gasteiger partial charge on any atom is 0.240 e. The molecule has 0 bridgehead atoms. The molecule has 1 unspecified atom stereocenters. The van der Waals surface area contributed by atoms with Crippen molar-refractivity contribution >= 4 is 10.0 Å². The number of nitrogens with one attached hydrogen (secondary N) is 1. The van der Waals surface area contributed by atoms with Gasteiger partial charge in [-0.2, -0.15) is 5.26 Å². The predicted octanol–water partition coefficient (Wildman–Crippen LogP) is 0.802. The van der Waals surface area contributed by atoms with Crippen LogP contribution < -0.4 is 4.72 Å². The van der Waals surface area contributed by atoms with Crippen LogP contribution in [0.1, 0.15) is 18.9 Å². The van der Waals surface area contributed by atoms with Gasteiger partial charge in [0.1, 0.15) is 0 Å². The number of hydrogen-bond donors (Lipinski definition) is 2. The number of hydrogen-bond acceptors (Lipinski definition) is 4. The van der Waals surface area contributed by atoms with Gasteiger partial charge >= 0.3 is 0 Å². The van der Waals surface area contributed by atoms with Gasteiger partial charge in [-0.1, -0.05) is 19.1 Å². The Morgan fingerprint density at radius 2 is 2.00 bits per heavy atom. The van der Waals surface area contributed by atoms with Gasteiger partial charge in [0.25, 0.3) is 0 Å². The van der Waals surface area contributed by atoms with E-state index in [4.69, 9.17) is 5.26 Å². The van der Waals surface area contributed by atoms with Crippen LogP contribution in [0.15, 0.2) is 29.2 Å². The number of nitrogens with zero attached hydrogens (tertiary/aromatic N) is 1. The Balaban J connectivity index is 2.76. The first kappa shape index (κ1) is 14.6. The zero-order valence-corrected chi connectivity index (χ0v) is 10.9. The third-order valence-corrected chi connectivity index (χ3v) is 3.94. The van der Waals surface area contributed by atoms with Crippen LogP contribution in [-0.2, 0) is 16.4 Å². The Kier molecular flexibility index (Phi) is 5.28. The van der Waals surface area contributed by atoms with Gasteiger partial charge in [0.15, 0.2) is 0 Å². The van der Waals surface area contributed by atoms with E-state index in [1.807, 2.05) is 6.07 Å². The van der Waals surface area contributed by atoms with Gasteiger partial charge in [0, 0.05) is 6.54 Å². The Labute approximate surface area is 107 Å². The van der Waals surface area contributed by atoms with Crippen LogP contribution in [0, 0.1) is 11.3 Å². The minimum Gasteiger partial charge on any atom is -0.392 e. The average Bonchev–Trinajstić information content (AvgIpc) is 2.37. The molecule has 0 aliphatic heterocycles. The molecule has 1 aromatic rings. The van der Waals surface area contributed by atoms with Gasteiger partial charge in [-0.3, -0.25) is 0 Å². The summed E-state index contributed by atoms with van der Waals surface area (Å²) in [5.41, 5.74) is 0.769. The highest BCUT2D eigenvalue weighted by Crippen LogP contribution is 2.10. The Morgan fingerprint density at radius 3 is 2.50 bits per heavy atom. The zero-order valence-electron chi connectivity index (χ0n) is 10.1. The summed E-state index contributed by atoms with van der Waals surface area (Å²) in [7, 11) is -3.59. The first-order valence-corrected chi connectivity index (χ1v) is 7.11. The minimum absolute atomic E-state index is 0.00121. The molecule has 0 spiro atoms. The van der Waals surface area contributed by atoms with E-state index in [9.17, 15) is 13.5 Å². The summed E-state index contributed by atoms with van der Waals surface area (Å²) in [6.07, 6.45) is 0.0593. The lowest BCUT2D eigenvalue weighted by molar-refractivity contribution is 0.174. The fourth-order valence-electron chi connectivity index (χ4n) is 1.31. The monoisotopic (exact) mass is 268 g/mol. The molecule has 1 aromatic carbocycles. The quantitative estimate of drug-likeness (QED) is 0.798. The van der Waals surface area contributed by atoms with E-state index in [0.29, 0.717) is 6.42 Å².